The lowest BCUT2D eigenvalue weighted by Gasteiger charge is -2.04. The molecule has 0 bridgehead atoms. The van der Waals surface area contributed by atoms with Gasteiger partial charge in [-0.05, 0) is 17.7 Å². The lowest BCUT2D eigenvalue weighted by atomic mass is 10.1. The summed E-state index contributed by atoms with van der Waals surface area (Å²) >= 11 is 0. The zero-order chi connectivity index (χ0) is 12.1. The molecular weight excluding hydrogens is 220 g/mol. The maximum absolute atomic E-state index is 10.5. The first-order chi connectivity index (χ1) is 8.24. The summed E-state index contributed by atoms with van der Waals surface area (Å²) in [5.74, 6) is 0.144. The van der Waals surface area contributed by atoms with Crippen molar-refractivity contribution in [2.24, 2.45) is 0 Å². The fourth-order valence-electron chi connectivity index (χ4n) is 1.31. The molecule has 1 aromatic heterocycles. The predicted octanol–water partition coefficient (Wildman–Crippen LogP) is 1.90. The zero-order valence-electron chi connectivity index (χ0n) is 8.91. The lowest BCUT2D eigenvalue weighted by Crippen LogP contribution is -1.99. The summed E-state index contributed by atoms with van der Waals surface area (Å²) < 4.78 is 5.42. The number of hydrogen-bond donors (Lipinski definition) is 1. The molecule has 1 aromatic carbocycles. The van der Waals surface area contributed by atoms with Crippen molar-refractivity contribution in [1.29, 1.82) is 0 Å². The van der Waals surface area contributed by atoms with Gasteiger partial charge >= 0.3 is 5.97 Å². The second-order valence-corrected chi connectivity index (χ2v) is 3.36. The first kappa shape index (κ1) is 11.1. The second kappa shape index (κ2) is 5.07. The standard InChI is InChI=1S/C12H10N2O3/c15-12(16)7-9-1-3-10(4-2-9)17-11-8-13-5-6-14-11/h1-6,8H,7H2,(H,15,16). The minimum atomic E-state index is -0.854. The van der Waals surface area contributed by atoms with Crippen molar-refractivity contribution in [1.82, 2.24) is 9.97 Å². The van der Waals surface area contributed by atoms with E-state index < -0.39 is 5.97 Å². The van der Waals surface area contributed by atoms with Crippen molar-refractivity contribution >= 4 is 5.97 Å². The molecule has 0 spiro atoms. The van der Waals surface area contributed by atoms with Crippen LogP contribution in [0.5, 0.6) is 11.6 Å². The maximum atomic E-state index is 10.5. The van der Waals surface area contributed by atoms with Gasteiger partial charge in [-0.1, -0.05) is 12.1 Å². The molecule has 5 heteroatoms. The fraction of sp³-hybridized carbons (Fsp3) is 0.0833. The highest BCUT2D eigenvalue weighted by atomic mass is 16.5. The highest BCUT2D eigenvalue weighted by Crippen LogP contribution is 2.18. The van der Waals surface area contributed by atoms with Gasteiger partial charge in [-0.2, -0.15) is 0 Å². The Morgan fingerprint density at radius 2 is 2.00 bits per heavy atom. The third kappa shape index (κ3) is 3.27. The first-order valence-electron chi connectivity index (χ1n) is 4.98. The third-order valence-corrected chi connectivity index (χ3v) is 2.04. The number of aliphatic carboxylic acids is 1. The number of hydrogen-bond acceptors (Lipinski definition) is 4. The van der Waals surface area contributed by atoms with Crippen LogP contribution in [0, 0.1) is 0 Å². The van der Waals surface area contributed by atoms with Crippen molar-refractivity contribution in [3.63, 3.8) is 0 Å². The number of carboxylic acid groups (broad SMARTS) is 1. The van der Waals surface area contributed by atoms with Crippen LogP contribution in [-0.4, -0.2) is 21.0 Å². The molecule has 1 heterocycles. The van der Waals surface area contributed by atoms with Crippen molar-refractivity contribution in [3.05, 3.63) is 48.4 Å². The average Bonchev–Trinajstić information content (AvgIpc) is 2.32. The van der Waals surface area contributed by atoms with Crippen LogP contribution in [-0.2, 0) is 11.2 Å². The van der Waals surface area contributed by atoms with Gasteiger partial charge in [0.2, 0.25) is 5.88 Å². The van der Waals surface area contributed by atoms with Crippen LogP contribution in [0.4, 0.5) is 0 Å². The summed E-state index contributed by atoms with van der Waals surface area (Å²) in [4.78, 5) is 18.3. The number of rotatable bonds is 4. The van der Waals surface area contributed by atoms with E-state index >= 15 is 0 Å². The van der Waals surface area contributed by atoms with E-state index in [1.54, 1.807) is 30.5 Å². The SMILES string of the molecule is O=C(O)Cc1ccc(Oc2cnccn2)cc1. The smallest absolute Gasteiger partial charge is 0.307 e. The van der Waals surface area contributed by atoms with Gasteiger partial charge in [0.25, 0.3) is 0 Å². The van der Waals surface area contributed by atoms with Gasteiger partial charge in [0, 0.05) is 12.4 Å². The van der Waals surface area contributed by atoms with Crippen molar-refractivity contribution < 1.29 is 14.6 Å². The van der Waals surface area contributed by atoms with Gasteiger partial charge in [-0.3, -0.25) is 9.78 Å². The molecule has 0 atom stereocenters. The zero-order valence-corrected chi connectivity index (χ0v) is 8.91. The predicted molar refractivity (Wildman–Crippen MR) is 59.9 cm³/mol. The summed E-state index contributed by atoms with van der Waals surface area (Å²) in [5, 5.41) is 8.62. The van der Waals surface area contributed by atoms with Crippen LogP contribution in [0.15, 0.2) is 42.9 Å². The van der Waals surface area contributed by atoms with Gasteiger partial charge in [0.1, 0.15) is 5.75 Å². The monoisotopic (exact) mass is 230 g/mol. The van der Waals surface area contributed by atoms with E-state index in [4.69, 9.17) is 9.84 Å². The van der Waals surface area contributed by atoms with Gasteiger partial charge in [0.05, 0.1) is 12.6 Å². The van der Waals surface area contributed by atoms with E-state index in [1.807, 2.05) is 0 Å². The quantitative estimate of drug-likeness (QED) is 0.868. The third-order valence-electron chi connectivity index (χ3n) is 2.04. The molecule has 1 N–H and O–H groups in total. The Balaban J connectivity index is 2.06. The molecule has 0 aliphatic heterocycles. The minimum absolute atomic E-state index is 0.00538. The van der Waals surface area contributed by atoms with Crippen LogP contribution in [0.2, 0.25) is 0 Å². The van der Waals surface area contributed by atoms with Crippen LogP contribution in [0.1, 0.15) is 5.56 Å². The highest BCUT2D eigenvalue weighted by Gasteiger charge is 2.01. The number of benzene rings is 1. The molecule has 2 aromatic rings. The number of ether oxygens (including phenoxy) is 1. The Kier molecular flexibility index (Phi) is 3.30. The molecule has 2 rings (SSSR count). The van der Waals surface area contributed by atoms with Crippen molar-refractivity contribution in [2.75, 3.05) is 0 Å². The van der Waals surface area contributed by atoms with E-state index in [0.29, 0.717) is 11.6 Å². The van der Waals surface area contributed by atoms with Gasteiger partial charge in [-0.15, -0.1) is 0 Å². The van der Waals surface area contributed by atoms with Crippen LogP contribution in [0.3, 0.4) is 0 Å². The highest BCUT2D eigenvalue weighted by molar-refractivity contribution is 5.70. The Bertz CT molecular complexity index is 497. The second-order valence-electron chi connectivity index (χ2n) is 3.36. The Labute approximate surface area is 97.7 Å². The average molecular weight is 230 g/mol. The summed E-state index contributed by atoms with van der Waals surface area (Å²) in [6.45, 7) is 0. The maximum Gasteiger partial charge on any atom is 0.307 e. The minimum Gasteiger partial charge on any atom is -0.481 e. The topological polar surface area (TPSA) is 72.3 Å². The fourth-order valence-corrected chi connectivity index (χ4v) is 1.31. The molecule has 0 unspecified atom stereocenters. The molecule has 0 aliphatic rings. The van der Waals surface area contributed by atoms with E-state index in [-0.39, 0.29) is 6.42 Å². The summed E-state index contributed by atoms with van der Waals surface area (Å²) in [6.07, 6.45) is 4.60. The van der Waals surface area contributed by atoms with E-state index in [1.165, 1.54) is 12.4 Å². The van der Waals surface area contributed by atoms with E-state index in [2.05, 4.69) is 9.97 Å². The normalized spacial score (nSPS) is 9.88. The molecule has 0 saturated heterocycles. The Morgan fingerprint density at radius 1 is 1.24 bits per heavy atom. The first-order valence-corrected chi connectivity index (χ1v) is 4.98. The molecule has 0 saturated carbocycles. The van der Waals surface area contributed by atoms with Gasteiger partial charge < -0.3 is 9.84 Å². The van der Waals surface area contributed by atoms with Crippen molar-refractivity contribution in [2.45, 2.75) is 6.42 Å². The molecule has 0 amide bonds. The Hall–Kier alpha value is -2.43. The molecule has 0 aliphatic carbocycles. The summed E-state index contributed by atoms with van der Waals surface area (Å²) in [7, 11) is 0. The number of aromatic nitrogens is 2. The number of carbonyl (C=O) groups is 1. The largest absolute Gasteiger partial charge is 0.481 e. The van der Waals surface area contributed by atoms with E-state index in [9.17, 15) is 4.79 Å². The van der Waals surface area contributed by atoms with Crippen molar-refractivity contribution in [3.8, 4) is 11.6 Å². The molecule has 86 valence electrons. The lowest BCUT2D eigenvalue weighted by molar-refractivity contribution is -0.136. The van der Waals surface area contributed by atoms with Crippen LogP contribution in [0.25, 0.3) is 0 Å². The summed E-state index contributed by atoms with van der Waals surface area (Å²) in [5.41, 5.74) is 0.726. The van der Waals surface area contributed by atoms with Crippen LogP contribution < -0.4 is 4.74 Å². The molecule has 0 radical (unpaired) electrons. The van der Waals surface area contributed by atoms with Gasteiger partial charge in [-0.25, -0.2) is 4.98 Å². The molecule has 17 heavy (non-hydrogen) atoms. The van der Waals surface area contributed by atoms with Gasteiger partial charge in [0.15, 0.2) is 0 Å². The molecule has 0 fully saturated rings. The summed E-state index contributed by atoms with van der Waals surface area (Å²) in [6, 6.07) is 6.82. The molecular formula is C12H10N2O3. The van der Waals surface area contributed by atoms with E-state index in [0.717, 1.165) is 5.56 Å². The molecule has 5 nitrogen and oxygen atoms in total. The number of nitrogens with zero attached hydrogens (tertiary/aromatic N) is 2. The Morgan fingerprint density at radius 3 is 2.59 bits per heavy atom. The van der Waals surface area contributed by atoms with Crippen LogP contribution >= 0.6 is 0 Å². The number of carboxylic acids is 1.